The summed E-state index contributed by atoms with van der Waals surface area (Å²) in [7, 11) is 0. The van der Waals surface area contributed by atoms with E-state index >= 15 is 0 Å². The highest BCUT2D eigenvalue weighted by Crippen LogP contribution is 2.13. The summed E-state index contributed by atoms with van der Waals surface area (Å²) in [4.78, 5) is 13.9. The molecule has 0 aromatic heterocycles. The van der Waals surface area contributed by atoms with Crippen LogP contribution in [0.15, 0.2) is 0 Å². The number of carbonyl (C=O) groups is 1. The molecule has 0 aromatic rings. The first kappa shape index (κ1) is 12.5. The molecule has 1 unspecified atom stereocenters. The lowest BCUT2D eigenvalue weighted by atomic mass is 10.0. The molecule has 1 atom stereocenters. The molecule has 1 saturated heterocycles. The lowest BCUT2D eigenvalue weighted by Gasteiger charge is -2.29. The van der Waals surface area contributed by atoms with E-state index in [1.54, 1.807) is 0 Å². The summed E-state index contributed by atoms with van der Waals surface area (Å²) < 4.78 is 5.23. The Morgan fingerprint density at radius 3 is 2.60 bits per heavy atom. The summed E-state index contributed by atoms with van der Waals surface area (Å²) in [5, 5.41) is 0. The van der Waals surface area contributed by atoms with Crippen LogP contribution in [0.1, 0.15) is 39.5 Å². The normalized spacial score (nSPS) is 18.9. The Bertz CT molecular complexity index is 188. The third-order valence-electron chi connectivity index (χ3n) is 2.99. The van der Waals surface area contributed by atoms with Gasteiger partial charge in [-0.2, -0.15) is 0 Å². The van der Waals surface area contributed by atoms with Gasteiger partial charge >= 0.3 is 0 Å². The van der Waals surface area contributed by atoms with Crippen molar-refractivity contribution in [3.8, 4) is 0 Å². The molecule has 0 radical (unpaired) electrons. The third kappa shape index (κ3) is 4.20. The number of rotatable bonds is 5. The molecule has 3 nitrogen and oxygen atoms in total. The SMILES string of the molecule is CCCCCC(C)C(=O)N1CCOCC1. The Balaban J connectivity index is 2.24. The molecule has 0 N–H and O–H groups in total. The smallest absolute Gasteiger partial charge is 0.225 e. The van der Waals surface area contributed by atoms with E-state index in [2.05, 4.69) is 6.92 Å². The maximum Gasteiger partial charge on any atom is 0.225 e. The summed E-state index contributed by atoms with van der Waals surface area (Å²) in [5.74, 6) is 0.504. The van der Waals surface area contributed by atoms with Gasteiger partial charge in [-0.15, -0.1) is 0 Å². The van der Waals surface area contributed by atoms with Gasteiger partial charge in [-0.1, -0.05) is 33.1 Å². The van der Waals surface area contributed by atoms with Crippen LogP contribution in [0.5, 0.6) is 0 Å². The predicted octanol–water partition coefficient (Wildman–Crippen LogP) is 2.06. The average Bonchev–Trinajstić information content (AvgIpc) is 2.29. The van der Waals surface area contributed by atoms with Gasteiger partial charge in [-0.25, -0.2) is 0 Å². The Morgan fingerprint density at radius 2 is 2.00 bits per heavy atom. The van der Waals surface area contributed by atoms with Crippen LogP contribution >= 0.6 is 0 Å². The fourth-order valence-electron chi connectivity index (χ4n) is 1.92. The lowest BCUT2D eigenvalue weighted by molar-refractivity contribution is -0.139. The maximum atomic E-state index is 12.0. The molecular weight excluding hydrogens is 190 g/mol. The van der Waals surface area contributed by atoms with Crippen LogP contribution in [-0.2, 0) is 9.53 Å². The average molecular weight is 213 g/mol. The fraction of sp³-hybridized carbons (Fsp3) is 0.917. The van der Waals surface area contributed by atoms with Gasteiger partial charge in [0.15, 0.2) is 0 Å². The first-order chi connectivity index (χ1) is 7.25. The summed E-state index contributed by atoms with van der Waals surface area (Å²) in [6.07, 6.45) is 4.66. The molecule has 0 bridgehead atoms. The third-order valence-corrected chi connectivity index (χ3v) is 2.99. The molecule has 15 heavy (non-hydrogen) atoms. The van der Waals surface area contributed by atoms with Crippen LogP contribution in [0, 0.1) is 5.92 Å². The van der Waals surface area contributed by atoms with E-state index in [-0.39, 0.29) is 5.92 Å². The molecule has 0 saturated carbocycles. The minimum Gasteiger partial charge on any atom is -0.378 e. The van der Waals surface area contributed by atoms with E-state index in [0.717, 1.165) is 19.5 Å². The standard InChI is InChI=1S/C12H23NO2/c1-3-4-5-6-11(2)12(14)13-7-9-15-10-8-13/h11H,3-10H2,1-2H3. The topological polar surface area (TPSA) is 29.5 Å². The number of ether oxygens (including phenoxy) is 1. The number of unbranched alkanes of at least 4 members (excludes halogenated alkanes) is 2. The molecule has 1 heterocycles. The zero-order valence-corrected chi connectivity index (χ0v) is 10.00. The zero-order valence-electron chi connectivity index (χ0n) is 10.00. The minimum atomic E-state index is 0.189. The summed E-state index contributed by atoms with van der Waals surface area (Å²) in [5.41, 5.74) is 0. The molecule has 88 valence electrons. The number of morpholine rings is 1. The number of carbonyl (C=O) groups excluding carboxylic acids is 1. The number of hydrogen-bond acceptors (Lipinski definition) is 2. The van der Waals surface area contributed by atoms with E-state index in [9.17, 15) is 4.79 Å². The van der Waals surface area contributed by atoms with Crippen LogP contribution in [0.2, 0.25) is 0 Å². The molecule has 1 fully saturated rings. The van der Waals surface area contributed by atoms with Crippen molar-refractivity contribution in [2.24, 2.45) is 5.92 Å². The second kappa shape index (κ2) is 6.83. The molecule has 1 amide bonds. The van der Waals surface area contributed by atoms with Crippen LogP contribution in [0.3, 0.4) is 0 Å². The molecule has 0 aliphatic carbocycles. The molecule has 0 aromatic carbocycles. The van der Waals surface area contributed by atoms with E-state index in [1.807, 2.05) is 11.8 Å². The van der Waals surface area contributed by atoms with E-state index in [1.165, 1.54) is 19.3 Å². The van der Waals surface area contributed by atoms with E-state index < -0.39 is 0 Å². The van der Waals surface area contributed by atoms with Gasteiger partial charge in [-0.05, 0) is 6.42 Å². The first-order valence-electron chi connectivity index (χ1n) is 6.12. The molecule has 0 spiro atoms. The zero-order chi connectivity index (χ0) is 11.1. The Labute approximate surface area is 92.8 Å². The van der Waals surface area contributed by atoms with Crippen LogP contribution < -0.4 is 0 Å². The fourth-order valence-corrected chi connectivity index (χ4v) is 1.92. The second-order valence-corrected chi connectivity index (χ2v) is 4.33. The Kier molecular flexibility index (Phi) is 5.69. The van der Waals surface area contributed by atoms with Crippen molar-refractivity contribution < 1.29 is 9.53 Å². The van der Waals surface area contributed by atoms with Gasteiger partial charge in [0.05, 0.1) is 13.2 Å². The highest BCUT2D eigenvalue weighted by Gasteiger charge is 2.21. The van der Waals surface area contributed by atoms with Crippen molar-refractivity contribution in [3.05, 3.63) is 0 Å². The van der Waals surface area contributed by atoms with Gasteiger partial charge in [0.25, 0.3) is 0 Å². The second-order valence-electron chi connectivity index (χ2n) is 4.33. The molecule has 1 aliphatic heterocycles. The van der Waals surface area contributed by atoms with Crippen LogP contribution in [0.4, 0.5) is 0 Å². The summed E-state index contributed by atoms with van der Waals surface area (Å²) >= 11 is 0. The van der Waals surface area contributed by atoms with Gasteiger partial charge in [-0.3, -0.25) is 4.79 Å². The first-order valence-corrected chi connectivity index (χ1v) is 6.12. The van der Waals surface area contributed by atoms with Crippen molar-refractivity contribution in [1.82, 2.24) is 4.90 Å². The van der Waals surface area contributed by atoms with Crippen molar-refractivity contribution >= 4 is 5.91 Å². The van der Waals surface area contributed by atoms with Gasteiger partial charge in [0, 0.05) is 19.0 Å². The molecule has 1 aliphatic rings. The van der Waals surface area contributed by atoms with Crippen molar-refractivity contribution in [3.63, 3.8) is 0 Å². The molecular formula is C12H23NO2. The van der Waals surface area contributed by atoms with Gasteiger partial charge in [0.1, 0.15) is 0 Å². The van der Waals surface area contributed by atoms with E-state index in [4.69, 9.17) is 4.74 Å². The largest absolute Gasteiger partial charge is 0.378 e. The summed E-state index contributed by atoms with van der Waals surface area (Å²) in [6.45, 7) is 7.19. The van der Waals surface area contributed by atoms with E-state index in [0.29, 0.717) is 19.1 Å². The van der Waals surface area contributed by atoms with Crippen LogP contribution in [0.25, 0.3) is 0 Å². The van der Waals surface area contributed by atoms with Crippen LogP contribution in [-0.4, -0.2) is 37.1 Å². The maximum absolute atomic E-state index is 12.0. The number of hydrogen-bond donors (Lipinski definition) is 0. The van der Waals surface area contributed by atoms with Crippen molar-refractivity contribution in [1.29, 1.82) is 0 Å². The minimum absolute atomic E-state index is 0.189. The van der Waals surface area contributed by atoms with Gasteiger partial charge < -0.3 is 9.64 Å². The van der Waals surface area contributed by atoms with Gasteiger partial charge in [0.2, 0.25) is 5.91 Å². The molecule has 1 rings (SSSR count). The number of amides is 1. The monoisotopic (exact) mass is 213 g/mol. The van der Waals surface area contributed by atoms with Crippen molar-refractivity contribution in [2.45, 2.75) is 39.5 Å². The highest BCUT2D eigenvalue weighted by molar-refractivity contribution is 5.78. The van der Waals surface area contributed by atoms with Crippen molar-refractivity contribution in [2.75, 3.05) is 26.3 Å². The molecule has 3 heteroatoms. The lowest BCUT2D eigenvalue weighted by Crippen LogP contribution is -2.43. The number of nitrogens with zero attached hydrogens (tertiary/aromatic N) is 1. The summed E-state index contributed by atoms with van der Waals surface area (Å²) in [6, 6.07) is 0. The Morgan fingerprint density at radius 1 is 1.33 bits per heavy atom. The quantitative estimate of drug-likeness (QED) is 0.654. The Hall–Kier alpha value is -0.570. The predicted molar refractivity (Wildman–Crippen MR) is 60.7 cm³/mol. The highest BCUT2D eigenvalue weighted by atomic mass is 16.5.